The molecule has 0 fully saturated rings. The third-order valence-corrected chi connectivity index (χ3v) is 3.12. The van der Waals surface area contributed by atoms with Crippen molar-refractivity contribution >= 4 is 11.6 Å². The molecule has 6 nitrogen and oxygen atoms in total. The lowest BCUT2D eigenvalue weighted by Crippen LogP contribution is -2.39. The predicted octanol–water partition coefficient (Wildman–Crippen LogP) is 2.04. The Morgan fingerprint density at radius 3 is 2.50 bits per heavy atom. The first-order chi connectivity index (χ1) is 9.12. The van der Waals surface area contributed by atoms with Gasteiger partial charge in [0.25, 0.3) is 11.6 Å². The minimum Gasteiger partial charge on any atom is -0.391 e. The van der Waals surface area contributed by atoms with E-state index in [2.05, 4.69) is 5.32 Å². The molecule has 1 rings (SSSR count). The molecule has 0 heterocycles. The monoisotopic (exact) mass is 280 g/mol. The van der Waals surface area contributed by atoms with Gasteiger partial charge in [0.15, 0.2) is 0 Å². The maximum Gasteiger partial charge on any atom is 0.269 e. The molecule has 1 unspecified atom stereocenters. The minimum absolute atomic E-state index is 0.0474. The smallest absolute Gasteiger partial charge is 0.269 e. The second kappa shape index (κ2) is 6.00. The molecule has 0 aromatic heterocycles. The van der Waals surface area contributed by atoms with E-state index in [1.54, 1.807) is 6.92 Å². The van der Waals surface area contributed by atoms with Crippen molar-refractivity contribution in [2.24, 2.45) is 5.41 Å². The second-order valence-electron chi connectivity index (χ2n) is 5.85. The number of non-ortho nitro benzene ring substituents is 1. The van der Waals surface area contributed by atoms with Gasteiger partial charge in [0.2, 0.25) is 0 Å². The van der Waals surface area contributed by atoms with E-state index >= 15 is 0 Å². The zero-order valence-corrected chi connectivity index (χ0v) is 12.1. The van der Waals surface area contributed by atoms with Gasteiger partial charge in [-0.3, -0.25) is 14.9 Å². The number of rotatable bonds is 4. The van der Waals surface area contributed by atoms with Crippen LogP contribution in [-0.4, -0.2) is 28.6 Å². The number of nitrogens with one attached hydrogen (secondary N) is 1. The van der Waals surface area contributed by atoms with Crippen LogP contribution in [0.5, 0.6) is 0 Å². The molecule has 0 aliphatic carbocycles. The first kappa shape index (κ1) is 16.1. The molecule has 0 saturated heterocycles. The number of benzene rings is 1. The van der Waals surface area contributed by atoms with Crippen molar-refractivity contribution < 1.29 is 14.8 Å². The highest BCUT2D eigenvalue weighted by atomic mass is 16.6. The Hall–Kier alpha value is -1.95. The van der Waals surface area contributed by atoms with Gasteiger partial charge in [0.05, 0.1) is 11.0 Å². The maximum absolute atomic E-state index is 12.0. The van der Waals surface area contributed by atoms with E-state index in [0.29, 0.717) is 11.1 Å². The summed E-state index contributed by atoms with van der Waals surface area (Å²) in [5, 5.41) is 23.1. The highest BCUT2D eigenvalue weighted by Gasteiger charge is 2.23. The van der Waals surface area contributed by atoms with E-state index in [4.69, 9.17) is 0 Å². The molecule has 20 heavy (non-hydrogen) atoms. The Bertz CT molecular complexity index is 520. The Kier molecular flexibility index (Phi) is 4.83. The SMILES string of the molecule is Cc1cc([N+](=O)[O-])ccc1C(=O)NCC(O)C(C)(C)C. The fourth-order valence-electron chi connectivity index (χ4n) is 1.61. The van der Waals surface area contributed by atoms with Crippen molar-refractivity contribution in [3.8, 4) is 0 Å². The summed E-state index contributed by atoms with van der Waals surface area (Å²) in [6.45, 7) is 7.41. The summed E-state index contributed by atoms with van der Waals surface area (Å²) in [4.78, 5) is 22.1. The van der Waals surface area contributed by atoms with Gasteiger partial charge in [-0.05, 0) is 24.0 Å². The van der Waals surface area contributed by atoms with Gasteiger partial charge in [-0.1, -0.05) is 20.8 Å². The van der Waals surface area contributed by atoms with Crippen LogP contribution in [0.4, 0.5) is 5.69 Å². The molecule has 0 bridgehead atoms. The molecular weight excluding hydrogens is 260 g/mol. The molecule has 110 valence electrons. The van der Waals surface area contributed by atoms with Crippen molar-refractivity contribution in [1.82, 2.24) is 5.32 Å². The van der Waals surface area contributed by atoms with Gasteiger partial charge in [0.1, 0.15) is 0 Å². The number of hydrogen-bond acceptors (Lipinski definition) is 4. The highest BCUT2D eigenvalue weighted by Crippen LogP contribution is 2.19. The topological polar surface area (TPSA) is 92.5 Å². The number of nitro benzene ring substituents is 1. The van der Waals surface area contributed by atoms with Crippen LogP contribution >= 0.6 is 0 Å². The number of carbonyl (C=O) groups is 1. The van der Waals surface area contributed by atoms with Crippen molar-refractivity contribution in [2.45, 2.75) is 33.8 Å². The molecule has 6 heteroatoms. The largest absolute Gasteiger partial charge is 0.391 e. The van der Waals surface area contributed by atoms with Crippen LogP contribution in [0.1, 0.15) is 36.7 Å². The Morgan fingerprint density at radius 2 is 2.05 bits per heavy atom. The average molecular weight is 280 g/mol. The first-order valence-corrected chi connectivity index (χ1v) is 6.34. The van der Waals surface area contributed by atoms with Crippen LogP contribution < -0.4 is 5.32 Å². The molecule has 0 saturated carbocycles. The van der Waals surface area contributed by atoms with Crippen molar-refractivity contribution in [1.29, 1.82) is 0 Å². The fourth-order valence-corrected chi connectivity index (χ4v) is 1.61. The molecule has 1 aromatic carbocycles. The number of aryl methyl sites for hydroxylation is 1. The molecule has 0 aliphatic rings. The Labute approximate surface area is 118 Å². The van der Waals surface area contributed by atoms with Gasteiger partial charge in [-0.2, -0.15) is 0 Å². The van der Waals surface area contributed by atoms with Crippen LogP contribution in [-0.2, 0) is 0 Å². The number of nitrogens with zero attached hydrogens (tertiary/aromatic N) is 1. The van der Waals surface area contributed by atoms with Crippen LogP contribution in [0.3, 0.4) is 0 Å². The summed E-state index contributed by atoms with van der Waals surface area (Å²) in [5.74, 6) is -0.347. The molecule has 1 atom stereocenters. The zero-order chi connectivity index (χ0) is 15.5. The molecule has 2 N–H and O–H groups in total. The van der Waals surface area contributed by atoms with Gasteiger partial charge < -0.3 is 10.4 Å². The highest BCUT2D eigenvalue weighted by molar-refractivity contribution is 5.95. The normalized spacial score (nSPS) is 12.8. The number of aliphatic hydroxyl groups is 1. The lowest BCUT2D eigenvalue weighted by atomic mass is 9.89. The first-order valence-electron chi connectivity index (χ1n) is 6.34. The van der Waals surface area contributed by atoms with Crippen molar-refractivity contribution in [3.05, 3.63) is 39.4 Å². The van der Waals surface area contributed by atoms with Crippen molar-refractivity contribution in [3.63, 3.8) is 0 Å². The van der Waals surface area contributed by atoms with E-state index in [9.17, 15) is 20.0 Å². The summed E-state index contributed by atoms with van der Waals surface area (Å²) >= 11 is 0. The quantitative estimate of drug-likeness (QED) is 0.652. The van der Waals surface area contributed by atoms with Crippen LogP contribution in [0.25, 0.3) is 0 Å². The summed E-state index contributed by atoms with van der Waals surface area (Å²) in [5.41, 5.74) is 0.532. The summed E-state index contributed by atoms with van der Waals surface area (Å²) < 4.78 is 0. The summed E-state index contributed by atoms with van der Waals surface area (Å²) in [7, 11) is 0. The third kappa shape index (κ3) is 4.03. The van der Waals surface area contributed by atoms with Crippen LogP contribution in [0.2, 0.25) is 0 Å². The molecular formula is C14H20N2O4. The van der Waals surface area contributed by atoms with E-state index < -0.39 is 11.0 Å². The number of carbonyl (C=O) groups excluding carboxylic acids is 1. The molecule has 0 spiro atoms. The number of hydrogen-bond donors (Lipinski definition) is 2. The molecule has 1 amide bonds. The van der Waals surface area contributed by atoms with Gasteiger partial charge >= 0.3 is 0 Å². The summed E-state index contributed by atoms with van der Waals surface area (Å²) in [6.07, 6.45) is -0.662. The second-order valence-corrected chi connectivity index (χ2v) is 5.85. The molecule has 1 aromatic rings. The van der Waals surface area contributed by atoms with E-state index in [-0.39, 0.29) is 23.6 Å². The predicted molar refractivity (Wildman–Crippen MR) is 75.6 cm³/mol. The minimum atomic E-state index is -0.662. The Morgan fingerprint density at radius 1 is 1.45 bits per heavy atom. The molecule has 0 aliphatic heterocycles. The maximum atomic E-state index is 12.0. The van der Waals surface area contributed by atoms with Crippen LogP contribution in [0, 0.1) is 22.5 Å². The zero-order valence-electron chi connectivity index (χ0n) is 12.1. The average Bonchev–Trinajstić information content (AvgIpc) is 2.33. The number of nitro groups is 1. The van der Waals surface area contributed by atoms with Gasteiger partial charge in [-0.25, -0.2) is 0 Å². The van der Waals surface area contributed by atoms with Crippen molar-refractivity contribution in [2.75, 3.05) is 6.54 Å². The van der Waals surface area contributed by atoms with E-state index in [0.717, 1.165) is 0 Å². The summed E-state index contributed by atoms with van der Waals surface area (Å²) in [6, 6.07) is 4.07. The standard InChI is InChI=1S/C14H20N2O4/c1-9-7-10(16(19)20)5-6-11(9)13(18)15-8-12(17)14(2,3)4/h5-7,12,17H,8H2,1-4H3,(H,15,18). The van der Waals surface area contributed by atoms with Gasteiger partial charge in [-0.15, -0.1) is 0 Å². The lowest BCUT2D eigenvalue weighted by Gasteiger charge is -2.26. The number of amides is 1. The van der Waals surface area contributed by atoms with E-state index in [1.807, 2.05) is 20.8 Å². The fraction of sp³-hybridized carbons (Fsp3) is 0.500. The van der Waals surface area contributed by atoms with Gasteiger partial charge in [0, 0.05) is 24.2 Å². The lowest BCUT2D eigenvalue weighted by molar-refractivity contribution is -0.384. The third-order valence-electron chi connectivity index (χ3n) is 3.12. The Balaban J connectivity index is 2.76. The van der Waals surface area contributed by atoms with E-state index in [1.165, 1.54) is 18.2 Å². The molecule has 0 radical (unpaired) electrons. The number of aliphatic hydroxyl groups excluding tert-OH is 1. The van der Waals surface area contributed by atoms with Crippen LogP contribution in [0.15, 0.2) is 18.2 Å².